The Morgan fingerprint density at radius 3 is 2.61 bits per heavy atom. The third kappa shape index (κ3) is 2.85. The van der Waals surface area contributed by atoms with Crippen molar-refractivity contribution in [3.63, 3.8) is 0 Å². The van der Waals surface area contributed by atoms with E-state index in [2.05, 4.69) is 58.8 Å². The van der Waals surface area contributed by atoms with E-state index in [-0.39, 0.29) is 17.8 Å². The highest BCUT2D eigenvalue weighted by molar-refractivity contribution is 5.95. The largest absolute Gasteiger partial charge is 0.384 e. The lowest BCUT2D eigenvalue weighted by Gasteiger charge is -2.37. The average molecular weight is 406 g/mol. The third-order valence-corrected chi connectivity index (χ3v) is 6.67. The summed E-state index contributed by atoms with van der Waals surface area (Å²) in [6, 6.07) is 25.1. The topological polar surface area (TPSA) is 90.6 Å². The van der Waals surface area contributed by atoms with E-state index in [9.17, 15) is 0 Å². The van der Waals surface area contributed by atoms with Crippen molar-refractivity contribution in [1.82, 2.24) is 9.97 Å². The Bertz CT molecular complexity index is 1290. The van der Waals surface area contributed by atoms with Gasteiger partial charge in [0.15, 0.2) is 0 Å². The average Bonchev–Trinajstić information content (AvgIpc) is 3.44. The second kappa shape index (κ2) is 6.84. The predicted octanol–water partition coefficient (Wildman–Crippen LogP) is 4.83. The zero-order valence-electron chi connectivity index (χ0n) is 17.0. The molecule has 3 atom stereocenters. The molecule has 5 nitrogen and oxygen atoms in total. The Balaban J connectivity index is 1.46. The van der Waals surface area contributed by atoms with Gasteiger partial charge in [-0.3, -0.25) is 5.41 Å². The number of nitrogens with one attached hydrogen (secondary N) is 3. The lowest BCUT2D eigenvalue weighted by atomic mass is 9.76. The van der Waals surface area contributed by atoms with E-state index >= 15 is 0 Å². The van der Waals surface area contributed by atoms with Crippen LogP contribution in [0.5, 0.6) is 0 Å². The van der Waals surface area contributed by atoms with E-state index in [1.165, 1.54) is 16.7 Å². The number of hydrogen-bond acceptors (Lipinski definition) is 3. The smallest absolute Gasteiger partial charge is 0.137 e. The van der Waals surface area contributed by atoms with Crippen LogP contribution >= 0.6 is 0 Å². The van der Waals surface area contributed by atoms with Crippen LogP contribution in [0, 0.1) is 11.3 Å². The van der Waals surface area contributed by atoms with Crippen LogP contribution in [-0.2, 0) is 6.42 Å². The molecule has 31 heavy (non-hydrogen) atoms. The molecule has 5 heteroatoms. The Hall–Kier alpha value is -3.86. The van der Waals surface area contributed by atoms with Gasteiger partial charge in [-0.1, -0.05) is 54.6 Å². The molecule has 4 aromatic rings. The Kier molecular flexibility index (Phi) is 3.96. The Morgan fingerprint density at radius 2 is 1.77 bits per heavy atom. The van der Waals surface area contributed by atoms with Crippen LogP contribution in [0.2, 0.25) is 0 Å². The molecule has 0 saturated carbocycles. The number of anilines is 1. The van der Waals surface area contributed by atoms with Gasteiger partial charge in [0, 0.05) is 28.9 Å². The van der Waals surface area contributed by atoms with Gasteiger partial charge in [-0.2, -0.15) is 0 Å². The molecule has 152 valence electrons. The first-order valence-electron chi connectivity index (χ1n) is 10.6. The SMILES string of the molecule is N=C(N)c1ccc2c(c1)C1c3ccccc3CC1C(c1c[nH]c(-c3ccccc3)n1)N2. The lowest BCUT2D eigenvalue weighted by Crippen LogP contribution is -2.31. The molecule has 0 radical (unpaired) electrons. The summed E-state index contributed by atoms with van der Waals surface area (Å²) in [5.74, 6) is 1.60. The maximum atomic E-state index is 7.89. The van der Waals surface area contributed by atoms with E-state index < -0.39 is 0 Å². The second-order valence-corrected chi connectivity index (χ2v) is 8.42. The quantitative estimate of drug-likeness (QED) is 0.291. The van der Waals surface area contributed by atoms with E-state index in [4.69, 9.17) is 16.1 Å². The van der Waals surface area contributed by atoms with Gasteiger partial charge in [-0.25, -0.2) is 4.98 Å². The first kappa shape index (κ1) is 18.0. The molecular weight excluding hydrogens is 382 g/mol. The minimum absolute atomic E-state index is 0.0989. The molecule has 1 aromatic heterocycles. The predicted molar refractivity (Wildman–Crippen MR) is 123 cm³/mol. The third-order valence-electron chi connectivity index (χ3n) is 6.67. The molecule has 6 rings (SSSR count). The normalized spacial score (nSPS) is 21.0. The van der Waals surface area contributed by atoms with Crippen molar-refractivity contribution >= 4 is 11.5 Å². The van der Waals surface area contributed by atoms with Gasteiger partial charge in [-0.05, 0) is 47.2 Å². The molecule has 0 spiro atoms. The van der Waals surface area contributed by atoms with Crippen LogP contribution in [0.1, 0.15) is 39.9 Å². The molecule has 3 aromatic carbocycles. The molecule has 0 fully saturated rings. The zero-order valence-corrected chi connectivity index (χ0v) is 17.0. The van der Waals surface area contributed by atoms with Crippen molar-refractivity contribution in [2.75, 3.05) is 5.32 Å². The number of rotatable bonds is 3. The summed E-state index contributed by atoms with van der Waals surface area (Å²) < 4.78 is 0. The minimum atomic E-state index is 0.0989. The fourth-order valence-corrected chi connectivity index (χ4v) is 5.26. The van der Waals surface area contributed by atoms with Crippen molar-refractivity contribution < 1.29 is 0 Å². The number of benzene rings is 3. The zero-order chi connectivity index (χ0) is 20.9. The summed E-state index contributed by atoms with van der Waals surface area (Å²) in [4.78, 5) is 8.35. The van der Waals surface area contributed by atoms with E-state index in [1.807, 2.05) is 30.5 Å². The van der Waals surface area contributed by atoms with Crippen molar-refractivity contribution in [3.8, 4) is 11.4 Å². The van der Waals surface area contributed by atoms with Gasteiger partial charge in [-0.15, -0.1) is 0 Å². The molecule has 0 amide bonds. The molecule has 2 heterocycles. The van der Waals surface area contributed by atoms with Crippen molar-refractivity contribution in [3.05, 3.63) is 107 Å². The maximum Gasteiger partial charge on any atom is 0.137 e. The number of hydrogen-bond donors (Lipinski definition) is 4. The summed E-state index contributed by atoms with van der Waals surface area (Å²) >= 11 is 0. The first-order valence-corrected chi connectivity index (χ1v) is 10.6. The molecule has 1 aliphatic heterocycles. The maximum absolute atomic E-state index is 7.89. The monoisotopic (exact) mass is 405 g/mol. The molecule has 0 saturated heterocycles. The molecule has 0 bridgehead atoms. The standard InChI is InChI=1S/C26H23N5/c27-25(28)17-10-11-21-19(13-17)23-18-9-5-4-8-16(18)12-20(23)24(30-21)22-14-29-26(31-22)15-6-2-1-3-7-15/h1-11,13-14,20,23-24,30H,12H2,(H3,27,28)(H,29,31). The summed E-state index contributed by atoms with van der Waals surface area (Å²) in [5, 5.41) is 11.6. The van der Waals surface area contributed by atoms with Crippen LogP contribution in [0.15, 0.2) is 79.0 Å². The summed E-state index contributed by atoms with van der Waals surface area (Å²) in [7, 11) is 0. The highest BCUT2D eigenvalue weighted by Crippen LogP contribution is 2.53. The van der Waals surface area contributed by atoms with Gasteiger partial charge < -0.3 is 16.0 Å². The van der Waals surface area contributed by atoms with Gasteiger partial charge in [0.05, 0.1) is 11.7 Å². The second-order valence-electron chi connectivity index (χ2n) is 8.42. The highest BCUT2D eigenvalue weighted by atomic mass is 15.0. The number of H-pyrrole nitrogens is 1. The van der Waals surface area contributed by atoms with E-state index in [0.29, 0.717) is 5.92 Å². The van der Waals surface area contributed by atoms with Crippen LogP contribution in [-0.4, -0.2) is 15.8 Å². The van der Waals surface area contributed by atoms with Gasteiger partial charge in [0.25, 0.3) is 0 Å². The van der Waals surface area contributed by atoms with Crippen LogP contribution in [0.25, 0.3) is 11.4 Å². The van der Waals surface area contributed by atoms with E-state index in [0.717, 1.165) is 34.8 Å². The number of nitrogens with two attached hydrogens (primary N) is 1. The number of nitrogen functional groups attached to an aromatic ring is 1. The van der Waals surface area contributed by atoms with Gasteiger partial charge >= 0.3 is 0 Å². The Labute approximate surface area is 180 Å². The number of fused-ring (bicyclic) bond motifs is 5. The molecule has 2 aliphatic rings. The lowest BCUT2D eigenvalue weighted by molar-refractivity contribution is 0.415. The summed E-state index contributed by atoms with van der Waals surface area (Å²) in [5.41, 5.74) is 13.8. The molecule has 5 N–H and O–H groups in total. The molecular formula is C26H23N5. The van der Waals surface area contributed by atoms with E-state index in [1.54, 1.807) is 0 Å². The van der Waals surface area contributed by atoms with Crippen LogP contribution in [0.4, 0.5) is 5.69 Å². The summed E-state index contributed by atoms with van der Waals surface area (Å²) in [6.07, 6.45) is 3.03. The fourth-order valence-electron chi connectivity index (χ4n) is 5.26. The number of aromatic nitrogens is 2. The van der Waals surface area contributed by atoms with Crippen LogP contribution < -0.4 is 11.1 Å². The number of amidine groups is 1. The van der Waals surface area contributed by atoms with Crippen molar-refractivity contribution in [2.24, 2.45) is 11.7 Å². The Morgan fingerprint density at radius 1 is 0.968 bits per heavy atom. The van der Waals surface area contributed by atoms with Gasteiger partial charge in [0.2, 0.25) is 0 Å². The molecule has 3 unspecified atom stereocenters. The highest BCUT2D eigenvalue weighted by Gasteiger charge is 2.44. The number of imidazole rings is 1. The van der Waals surface area contributed by atoms with Crippen molar-refractivity contribution in [2.45, 2.75) is 18.4 Å². The number of aromatic amines is 1. The first-order chi connectivity index (χ1) is 15.2. The van der Waals surface area contributed by atoms with Gasteiger partial charge in [0.1, 0.15) is 11.7 Å². The summed E-state index contributed by atoms with van der Waals surface area (Å²) in [6.45, 7) is 0. The number of nitrogens with zero attached hydrogens (tertiary/aromatic N) is 1. The molecule has 1 aliphatic carbocycles. The van der Waals surface area contributed by atoms with Crippen LogP contribution in [0.3, 0.4) is 0 Å². The fraction of sp³-hybridized carbons (Fsp3) is 0.154. The van der Waals surface area contributed by atoms with Crippen molar-refractivity contribution in [1.29, 1.82) is 5.41 Å². The minimum Gasteiger partial charge on any atom is -0.384 e.